The van der Waals surface area contributed by atoms with Crippen LogP contribution in [0, 0.1) is 0 Å². The molecule has 1 N–H and O–H groups in total. The summed E-state index contributed by atoms with van der Waals surface area (Å²) in [5.41, 5.74) is 0. The number of benzene rings is 2. The van der Waals surface area contributed by atoms with Gasteiger partial charge in [0, 0.05) is 0 Å². The van der Waals surface area contributed by atoms with Gasteiger partial charge in [-0.25, -0.2) is 0 Å². The normalized spacial score (nSPS) is 13.2. The van der Waals surface area contributed by atoms with Crippen molar-refractivity contribution in [2.24, 2.45) is 0 Å². The fourth-order valence-electron chi connectivity index (χ4n) is 2.77. The highest BCUT2D eigenvalue weighted by molar-refractivity contribution is 7.73. The molecule has 0 aromatic heterocycles. The van der Waals surface area contributed by atoms with Crippen molar-refractivity contribution < 1.29 is 13.2 Å². The summed E-state index contributed by atoms with van der Waals surface area (Å²) in [6.45, 7) is 2.48. The zero-order valence-corrected chi connectivity index (χ0v) is 15.4. The highest BCUT2D eigenvalue weighted by atomic mass is 31.1. The van der Waals surface area contributed by atoms with Crippen LogP contribution in [0.2, 0.25) is 0 Å². The Kier molecular flexibility index (Phi) is 7.92. The van der Waals surface area contributed by atoms with Gasteiger partial charge in [0.1, 0.15) is 5.78 Å². The van der Waals surface area contributed by atoms with Gasteiger partial charge in [0.15, 0.2) is 0 Å². The molecule has 0 heterocycles. The molecular weight excluding hydrogens is 342 g/mol. The van der Waals surface area contributed by atoms with Crippen LogP contribution in [0.1, 0.15) is 32.6 Å². The van der Waals surface area contributed by atoms with Gasteiger partial charge in [-0.15, -0.1) is 0 Å². The van der Waals surface area contributed by atoms with Gasteiger partial charge < -0.3 is 5.32 Å². The summed E-state index contributed by atoms with van der Waals surface area (Å²) in [7, 11) is -1.56. The Morgan fingerprint density at radius 1 is 0.840 bits per heavy atom. The Balaban J connectivity index is 2.27. The maximum atomic E-state index is 13.9. The number of alkyl halides is 3. The highest BCUT2D eigenvalue weighted by Crippen LogP contribution is 2.45. The lowest BCUT2D eigenvalue weighted by molar-refractivity contribution is -0.135. The van der Waals surface area contributed by atoms with Crippen LogP contribution in [-0.2, 0) is 0 Å². The van der Waals surface area contributed by atoms with Gasteiger partial charge in [0.25, 0.3) is 0 Å². The quantitative estimate of drug-likeness (QED) is 0.476. The molecule has 2 rings (SSSR count). The summed E-state index contributed by atoms with van der Waals surface area (Å²) in [5.74, 6) is -1.53. The maximum Gasteiger partial charge on any atom is 0.408 e. The summed E-state index contributed by atoms with van der Waals surface area (Å²) in [6, 6.07) is 18.1. The number of rotatable bonds is 9. The summed E-state index contributed by atoms with van der Waals surface area (Å²) in [4.78, 5) is 0. The van der Waals surface area contributed by atoms with Gasteiger partial charge in [-0.2, -0.15) is 13.2 Å². The van der Waals surface area contributed by atoms with E-state index in [1.54, 1.807) is 24.3 Å². The average molecular weight is 367 g/mol. The van der Waals surface area contributed by atoms with Crippen LogP contribution in [-0.4, -0.2) is 18.5 Å². The molecule has 1 atom stereocenters. The third kappa shape index (κ3) is 6.13. The Labute approximate surface area is 149 Å². The van der Waals surface area contributed by atoms with Crippen molar-refractivity contribution in [3.63, 3.8) is 0 Å². The number of unbranched alkanes of at least 4 members (excludes halogenated alkanes) is 3. The summed E-state index contributed by atoms with van der Waals surface area (Å²) in [6.07, 6.45) is -0.425. The van der Waals surface area contributed by atoms with E-state index in [4.69, 9.17) is 0 Å². The predicted molar refractivity (Wildman–Crippen MR) is 101 cm³/mol. The first-order valence-electron chi connectivity index (χ1n) is 8.73. The van der Waals surface area contributed by atoms with Crippen LogP contribution < -0.4 is 15.9 Å². The minimum atomic E-state index is -4.29. The van der Waals surface area contributed by atoms with Crippen molar-refractivity contribution in [3.05, 3.63) is 60.7 Å². The minimum absolute atomic E-state index is 0.392. The molecule has 0 saturated heterocycles. The van der Waals surface area contributed by atoms with Crippen LogP contribution in [0.15, 0.2) is 60.7 Å². The first-order valence-corrected chi connectivity index (χ1v) is 10.1. The first-order chi connectivity index (χ1) is 12.0. The van der Waals surface area contributed by atoms with Gasteiger partial charge in [0.2, 0.25) is 0 Å². The van der Waals surface area contributed by atoms with Gasteiger partial charge in [-0.05, 0) is 31.5 Å². The van der Waals surface area contributed by atoms with Crippen LogP contribution >= 0.6 is 7.92 Å². The lowest BCUT2D eigenvalue weighted by Gasteiger charge is -2.31. The second-order valence-corrected chi connectivity index (χ2v) is 8.29. The van der Waals surface area contributed by atoms with Crippen molar-refractivity contribution in [2.75, 3.05) is 6.54 Å². The van der Waals surface area contributed by atoms with Crippen molar-refractivity contribution in [3.8, 4) is 0 Å². The van der Waals surface area contributed by atoms with Crippen LogP contribution in [0.5, 0.6) is 0 Å². The molecule has 0 spiro atoms. The lowest BCUT2D eigenvalue weighted by Crippen LogP contribution is -2.45. The number of hydrogen-bond donors (Lipinski definition) is 1. The molecule has 0 amide bonds. The molecular formula is C20H25F3NP. The zero-order chi connectivity index (χ0) is 18.1. The Hall–Kier alpha value is -1.38. The van der Waals surface area contributed by atoms with Gasteiger partial charge in [-0.3, -0.25) is 0 Å². The van der Waals surface area contributed by atoms with Crippen LogP contribution in [0.4, 0.5) is 13.2 Å². The molecule has 25 heavy (non-hydrogen) atoms. The van der Waals surface area contributed by atoms with Gasteiger partial charge >= 0.3 is 6.18 Å². The highest BCUT2D eigenvalue weighted by Gasteiger charge is 2.45. The van der Waals surface area contributed by atoms with E-state index in [0.717, 1.165) is 36.3 Å². The smallest absolute Gasteiger partial charge is 0.302 e. The van der Waals surface area contributed by atoms with E-state index in [9.17, 15) is 13.2 Å². The second-order valence-electron chi connectivity index (χ2n) is 6.00. The summed E-state index contributed by atoms with van der Waals surface area (Å²) < 4.78 is 41.6. The summed E-state index contributed by atoms with van der Waals surface area (Å²) >= 11 is 0. The van der Waals surface area contributed by atoms with Crippen molar-refractivity contribution in [1.29, 1.82) is 0 Å². The minimum Gasteiger partial charge on any atom is -0.302 e. The van der Waals surface area contributed by atoms with E-state index in [1.807, 2.05) is 36.4 Å². The Morgan fingerprint density at radius 3 is 1.80 bits per heavy atom. The standard InChI is InChI=1S/C20H25F3NP/c1-2-3-4-11-16-24-19(20(21,22)23)25(17-12-7-5-8-13-17)18-14-9-6-10-15-18/h5-10,12-15,19,24H,2-4,11,16H2,1H3. The molecule has 136 valence electrons. The number of halogens is 3. The first kappa shape index (κ1) is 19.9. The SMILES string of the molecule is CCCCCCNC(P(c1ccccc1)c1ccccc1)C(F)(F)F. The predicted octanol–water partition coefficient (Wildman–Crippen LogP) is 5.18. The monoisotopic (exact) mass is 367 g/mol. The molecule has 0 fully saturated rings. The molecule has 0 aliphatic carbocycles. The average Bonchev–Trinajstić information content (AvgIpc) is 2.61. The summed E-state index contributed by atoms with van der Waals surface area (Å²) in [5, 5.41) is 4.30. The molecule has 0 bridgehead atoms. The second kappa shape index (κ2) is 9.94. The maximum absolute atomic E-state index is 13.9. The van der Waals surface area contributed by atoms with Crippen molar-refractivity contribution in [1.82, 2.24) is 5.32 Å². The van der Waals surface area contributed by atoms with Gasteiger partial charge in [-0.1, -0.05) is 86.8 Å². The van der Waals surface area contributed by atoms with Gasteiger partial charge in [0.05, 0.1) is 0 Å². The molecule has 5 heteroatoms. The molecule has 0 aliphatic heterocycles. The number of nitrogens with one attached hydrogen (secondary N) is 1. The molecule has 0 aliphatic rings. The largest absolute Gasteiger partial charge is 0.408 e. The third-order valence-corrected chi connectivity index (χ3v) is 6.71. The van der Waals surface area contributed by atoms with E-state index < -0.39 is 19.9 Å². The molecule has 2 aromatic rings. The Morgan fingerprint density at radius 2 is 1.36 bits per heavy atom. The van der Waals surface area contributed by atoms with Crippen LogP contribution in [0.25, 0.3) is 0 Å². The zero-order valence-electron chi connectivity index (χ0n) is 14.5. The molecule has 1 unspecified atom stereocenters. The topological polar surface area (TPSA) is 12.0 Å². The lowest BCUT2D eigenvalue weighted by atomic mass is 10.2. The fourth-order valence-corrected chi connectivity index (χ4v) is 5.25. The van der Waals surface area contributed by atoms with E-state index in [-0.39, 0.29) is 0 Å². The van der Waals surface area contributed by atoms with E-state index in [2.05, 4.69) is 12.2 Å². The van der Waals surface area contributed by atoms with E-state index in [1.165, 1.54) is 0 Å². The fraction of sp³-hybridized carbons (Fsp3) is 0.400. The van der Waals surface area contributed by atoms with Crippen molar-refractivity contribution in [2.45, 2.75) is 44.6 Å². The molecule has 1 nitrogen and oxygen atoms in total. The van der Waals surface area contributed by atoms with Crippen LogP contribution in [0.3, 0.4) is 0 Å². The Bertz CT molecular complexity index is 562. The molecule has 0 radical (unpaired) electrons. The third-order valence-electron chi connectivity index (χ3n) is 4.00. The van der Waals surface area contributed by atoms with Crippen molar-refractivity contribution >= 4 is 18.5 Å². The molecule has 2 aromatic carbocycles. The molecule has 0 saturated carbocycles. The van der Waals surface area contributed by atoms with E-state index >= 15 is 0 Å². The van der Waals surface area contributed by atoms with E-state index in [0.29, 0.717) is 6.54 Å². The number of hydrogen-bond acceptors (Lipinski definition) is 1.